The third-order valence-corrected chi connectivity index (χ3v) is 1.05. The molecule has 0 amide bonds. The van der Waals surface area contributed by atoms with E-state index in [1.165, 1.54) is 0 Å². The molecule has 0 fully saturated rings. The van der Waals surface area contributed by atoms with Gasteiger partial charge in [-0.3, -0.25) is 0 Å². The Balaban J connectivity index is 0.000000162. The van der Waals surface area contributed by atoms with Crippen LogP contribution in [0.5, 0.6) is 0 Å². The number of halogens is 2. The Morgan fingerprint density at radius 1 is 1.10 bits per heavy atom. The van der Waals surface area contributed by atoms with Gasteiger partial charge < -0.3 is 0 Å². The smallest absolute Gasteiger partial charge is 0.195 e. The lowest BCUT2D eigenvalue weighted by atomic mass is 10.7. The van der Waals surface area contributed by atoms with E-state index < -0.39 is 8.26 Å². The molecule has 2 nitrogen and oxygen atoms in total. The molecule has 1 heterocycles. The maximum absolute atomic E-state index is 9.16. The zero-order valence-electron chi connectivity index (χ0n) is 4.70. The molecule has 0 aliphatic rings. The van der Waals surface area contributed by atoms with E-state index in [-0.39, 0.29) is 0 Å². The summed E-state index contributed by atoms with van der Waals surface area (Å²) < 4.78 is 18.3. The van der Waals surface area contributed by atoms with Crippen molar-refractivity contribution in [1.82, 2.24) is 0 Å². The van der Waals surface area contributed by atoms with Gasteiger partial charge in [-0.15, -0.1) is 0 Å². The zero-order chi connectivity index (χ0) is 8.04. The monoisotopic (exact) mass is 218 g/mol. The van der Waals surface area contributed by atoms with E-state index in [1.54, 1.807) is 11.3 Å². The molecule has 0 atom stereocenters. The molecule has 0 unspecified atom stereocenters. The third kappa shape index (κ3) is 15.7. The van der Waals surface area contributed by atoms with Gasteiger partial charge in [-0.2, -0.15) is 19.8 Å². The van der Waals surface area contributed by atoms with Gasteiger partial charge in [0.25, 0.3) is 0 Å². The molecule has 0 saturated heterocycles. The lowest BCUT2D eigenvalue weighted by molar-refractivity contribution is 0.621. The first-order valence-electron chi connectivity index (χ1n) is 2.11. The van der Waals surface area contributed by atoms with Crippen molar-refractivity contribution in [2.45, 2.75) is 0 Å². The molecule has 0 aliphatic carbocycles. The fraction of sp³-hybridized carbons (Fsp3) is 0. The minimum Gasteiger partial charge on any atom is -0.195 e. The topological polar surface area (TPSA) is 34.1 Å². The van der Waals surface area contributed by atoms with Gasteiger partial charge in [-0.05, 0) is 10.8 Å². The standard InChI is InChI=1S/C4H4S.Cl2O2S/c1-2-4-5-3-1;1-5(2,3)4/h1-4H;. The highest BCUT2D eigenvalue weighted by Gasteiger charge is 1.88. The van der Waals surface area contributed by atoms with Gasteiger partial charge in [0.05, 0.1) is 0 Å². The van der Waals surface area contributed by atoms with Crippen LogP contribution >= 0.6 is 32.7 Å². The molecule has 0 aromatic carbocycles. The summed E-state index contributed by atoms with van der Waals surface area (Å²) in [6, 6.07) is 4.04. The van der Waals surface area contributed by atoms with E-state index in [1.807, 2.05) is 22.9 Å². The third-order valence-electron chi connectivity index (χ3n) is 0.425. The van der Waals surface area contributed by atoms with Crippen molar-refractivity contribution in [2.75, 3.05) is 0 Å². The van der Waals surface area contributed by atoms with Crippen LogP contribution in [-0.4, -0.2) is 8.42 Å². The van der Waals surface area contributed by atoms with Crippen LogP contribution in [0.3, 0.4) is 0 Å². The zero-order valence-corrected chi connectivity index (χ0v) is 7.84. The Hall–Kier alpha value is 0.230. The molecule has 1 rings (SSSR count). The summed E-state index contributed by atoms with van der Waals surface area (Å²) >= 11 is 1.71. The summed E-state index contributed by atoms with van der Waals surface area (Å²) in [6.45, 7) is 0. The van der Waals surface area contributed by atoms with E-state index in [2.05, 4.69) is 21.4 Å². The summed E-state index contributed by atoms with van der Waals surface area (Å²) in [7, 11) is 4.81. The van der Waals surface area contributed by atoms with Crippen molar-refractivity contribution in [2.24, 2.45) is 0 Å². The maximum Gasteiger partial charge on any atom is 0.317 e. The van der Waals surface area contributed by atoms with Crippen molar-refractivity contribution in [3.05, 3.63) is 22.9 Å². The average molecular weight is 219 g/mol. The molecule has 1 aromatic heterocycles. The molecule has 0 aliphatic heterocycles. The van der Waals surface area contributed by atoms with Gasteiger partial charge in [0.2, 0.25) is 0 Å². The summed E-state index contributed by atoms with van der Waals surface area (Å²) in [5.41, 5.74) is 0. The second-order valence-electron chi connectivity index (χ2n) is 1.17. The van der Waals surface area contributed by atoms with Crippen LogP contribution in [0.1, 0.15) is 0 Å². The van der Waals surface area contributed by atoms with Crippen LogP contribution in [0.4, 0.5) is 0 Å². The van der Waals surface area contributed by atoms with Crippen LogP contribution in [0.25, 0.3) is 0 Å². The van der Waals surface area contributed by atoms with E-state index in [0.717, 1.165) is 0 Å². The van der Waals surface area contributed by atoms with Gasteiger partial charge in [0.1, 0.15) is 0 Å². The van der Waals surface area contributed by atoms with Crippen LogP contribution in [0.2, 0.25) is 0 Å². The van der Waals surface area contributed by atoms with Gasteiger partial charge in [0, 0.05) is 21.4 Å². The molecule has 58 valence electrons. The minimum atomic E-state index is -3.72. The first-order valence-corrected chi connectivity index (χ1v) is 6.19. The molecule has 0 radical (unpaired) electrons. The molecule has 0 N–H and O–H groups in total. The van der Waals surface area contributed by atoms with Gasteiger partial charge in [-0.25, -0.2) is 0 Å². The maximum atomic E-state index is 9.16. The van der Waals surface area contributed by atoms with Crippen LogP contribution in [0, 0.1) is 0 Å². The number of hydrogen-bond donors (Lipinski definition) is 0. The van der Waals surface area contributed by atoms with Gasteiger partial charge in [0.15, 0.2) is 0 Å². The Kier molecular flexibility index (Phi) is 5.07. The summed E-state index contributed by atoms with van der Waals surface area (Å²) in [6.07, 6.45) is 0. The van der Waals surface area contributed by atoms with Gasteiger partial charge >= 0.3 is 8.26 Å². The molecule has 0 bridgehead atoms. The SMILES string of the molecule is O=S(=O)(Cl)Cl.c1ccsc1. The first kappa shape index (κ1) is 10.2. The molecule has 6 heteroatoms. The summed E-state index contributed by atoms with van der Waals surface area (Å²) in [5.74, 6) is 0. The average Bonchev–Trinajstić information content (AvgIpc) is 2.07. The van der Waals surface area contributed by atoms with E-state index in [9.17, 15) is 0 Å². The fourth-order valence-corrected chi connectivity index (χ4v) is 0.680. The second kappa shape index (κ2) is 4.96. The Morgan fingerprint density at radius 2 is 1.40 bits per heavy atom. The van der Waals surface area contributed by atoms with Crippen molar-refractivity contribution in [3.8, 4) is 0 Å². The van der Waals surface area contributed by atoms with E-state index in [0.29, 0.717) is 0 Å². The highest BCUT2D eigenvalue weighted by molar-refractivity contribution is 8.31. The minimum absolute atomic E-state index is 1.71. The largest absolute Gasteiger partial charge is 0.317 e. The Morgan fingerprint density at radius 3 is 1.50 bits per heavy atom. The predicted molar refractivity (Wildman–Crippen MR) is 44.9 cm³/mol. The van der Waals surface area contributed by atoms with Crippen LogP contribution in [0.15, 0.2) is 22.9 Å². The Labute approximate surface area is 72.3 Å². The highest BCUT2D eigenvalue weighted by Crippen LogP contribution is 1.98. The first-order chi connectivity index (χ1) is 4.50. The molecular formula is C4H4Cl2O2S2. The van der Waals surface area contributed by atoms with Crippen molar-refractivity contribution in [3.63, 3.8) is 0 Å². The summed E-state index contributed by atoms with van der Waals surface area (Å²) in [4.78, 5) is 0. The molecular weight excluding hydrogens is 215 g/mol. The van der Waals surface area contributed by atoms with Crippen molar-refractivity contribution < 1.29 is 8.42 Å². The quantitative estimate of drug-likeness (QED) is 0.628. The van der Waals surface area contributed by atoms with Gasteiger partial charge in [-0.1, -0.05) is 12.1 Å². The van der Waals surface area contributed by atoms with Crippen LogP contribution in [-0.2, 0) is 8.26 Å². The lowest BCUT2D eigenvalue weighted by Crippen LogP contribution is -1.63. The molecule has 1 aromatic rings. The summed E-state index contributed by atoms with van der Waals surface area (Å²) in [5, 5.41) is 4.08. The van der Waals surface area contributed by atoms with Crippen molar-refractivity contribution in [1.29, 1.82) is 0 Å². The molecule has 10 heavy (non-hydrogen) atoms. The number of thiophene rings is 1. The van der Waals surface area contributed by atoms with E-state index in [4.69, 9.17) is 8.42 Å². The Bertz CT molecular complexity index is 215. The fourth-order valence-electron chi connectivity index (χ4n) is 0.227. The molecule has 0 saturated carbocycles. The highest BCUT2D eigenvalue weighted by atomic mass is 36.0. The number of rotatable bonds is 0. The number of hydrogen-bond acceptors (Lipinski definition) is 3. The second-order valence-corrected chi connectivity index (χ2v) is 5.66. The van der Waals surface area contributed by atoms with E-state index >= 15 is 0 Å². The normalized spacial score (nSPS) is 9.80. The molecule has 0 spiro atoms. The van der Waals surface area contributed by atoms with Crippen molar-refractivity contribution >= 4 is 41.0 Å². The predicted octanol–water partition coefficient (Wildman–Crippen LogP) is 2.46. The lowest BCUT2D eigenvalue weighted by Gasteiger charge is -1.61. The van der Waals surface area contributed by atoms with Crippen LogP contribution < -0.4 is 0 Å².